The zero-order chi connectivity index (χ0) is 9.84. The van der Waals surface area contributed by atoms with E-state index in [1.54, 1.807) is 18.2 Å². The van der Waals surface area contributed by atoms with Gasteiger partial charge in [0.15, 0.2) is 0 Å². The fourth-order valence-electron chi connectivity index (χ4n) is 0.919. The average molecular weight is 212 g/mol. The lowest BCUT2D eigenvalue weighted by atomic mass is 10.3. The number of H-pyrrole nitrogens is 1. The van der Waals surface area contributed by atoms with E-state index in [-0.39, 0.29) is 4.87 Å². The zero-order valence-electron chi connectivity index (χ0n) is 6.58. The first-order valence-electron chi connectivity index (χ1n) is 3.37. The summed E-state index contributed by atoms with van der Waals surface area (Å²) >= 11 is 6.89. The van der Waals surface area contributed by atoms with Gasteiger partial charge in [0.25, 0.3) is 0 Å². The Hall–Kier alpha value is -1.24. The van der Waals surface area contributed by atoms with Crippen LogP contribution in [0, 0.1) is 12.8 Å². The molecule has 0 aliphatic carbocycles. The van der Waals surface area contributed by atoms with E-state index in [4.69, 9.17) is 11.6 Å². The van der Waals surface area contributed by atoms with E-state index in [1.807, 2.05) is 0 Å². The van der Waals surface area contributed by atoms with Crippen LogP contribution in [0.25, 0.3) is 10.2 Å². The van der Waals surface area contributed by atoms with Gasteiger partial charge in [0.2, 0.25) is 0 Å². The molecular weight excluding hydrogens is 206 g/mol. The van der Waals surface area contributed by atoms with Crippen molar-refractivity contribution < 1.29 is 0 Å². The third-order valence-corrected chi connectivity index (χ3v) is 2.46. The number of benzene rings is 1. The van der Waals surface area contributed by atoms with Crippen molar-refractivity contribution in [3.63, 3.8) is 0 Å². The van der Waals surface area contributed by atoms with Crippen molar-refractivity contribution in [2.24, 2.45) is 0 Å². The van der Waals surface area contributed by atoms with Crippen LogP contribution in [0.4, 0.5) is 0 Å². The Morgan fingerprint density at radius 1 is 1.38 bits per heavy atom. The molecule has 0 radical (unpaired) electrons. The summed E-state index contributed by atoms with van der Waals surface area (Å²) in [4.78, 5) is 13.5. The van der Waals surface area contributed by atoms with Crippen molar-refractivity contribution in [3.8, 4) is 12.8 Å². The van der Waals surface area contributed by atoms with Crippen LogP contribution >= 0.6 is 22.9 Å². The molecule has 1 aromatic carbocycles. The van der Waals surface area contributed by atoms with E-state index >= 15 is 0 Å². The van der Waals surface area contributed by atoms with Crippen molar-refractivity contribution >= 4 is 33.2 Å². The highest BCUT2D eigenvalue weighted by Crippen LogP contribution is 2.18. The smallest absolute Gasteiger partial charge is 0.305 e. The molecule has 0 fully saturated rings. The Kier molecular flexibility index (Phi) is 3.13. The molecule has 0 saturated carbocycles. The van der Waals surface area contributed by atoms with Gasteiger partial charge in [-0.2, -0.15) is 0 Å². The second kappa shape index (κ2) is 4.13. The van der Waals surface area contributed by atoms with Crippen LogP contribution in [0.5, 0.6) is 0 Å². The van der Waals surface area contributed by atoms with Gasteiger partial charge in [-0.05, 0) is 18.2 Å². The van der Waals surface area contributed by atoms with Crippen molar-refractivity contribution in [2.75, 3.05) is 0 Å². The van der Waals surface area contributed by atoms with Crippen molar-refractivity contribution in [1.29, 1.82) is 0 Å². The fourth-order valence-corrected chi connectivity index (χ4v) is 1.93. The quantitative estimate of drug-likeness (QED) is 0.668. The number of nitrogens with one attached hydrogen (secondary N) is 1. The van der Waals surface area contributed by atoms with Gasteiger partial charge in [-0.15, -0.1) is 12.8 Å². The average Bonchev–Trinajstić information content (AvgIpc) is 2.48. The van der Waals surface area contributed by atoms with E-state index in [0.29, 0.717) is 5.02 Å². The molecule has 0 spiro atoms. The lowest BCUT2D eigenvalue weighted by Gasteiger charge is -1.87. The van der Waals surface area contributed by atoms with E-state index in [2.05, 4.69) is 17.8 Å². The number of aromatic nitrogens is 1. The van der Waals surface area contributed by atoms with Gasteiger partial charge in [-0.3, -0.25) is 4.79 Å². The summed E-state index contributed by atoms with van der Waals surface area (Å²) in [7, 11) is 0. The molecule has 13 heavy (non-hydrogen) atoms. The number of aromatic amines is 1. The highest BCUT2D eigenvalue weighted by molar-refractivity contribution is 7.16. The summed E-state index contributed by atoms with van der Waals surface area (Å²) in [6, 6.07) is 5.33. The summed E-state index contributed by atoms with van der Waals surface area (Å²) in [6.45, 7) is 0. The van der Waals surface area contributed by atoms with Crippen LogP contribution < -0.4 is 4.87 Å². The number of thiazole rings is 1. The first-order valence-corrected chi connectivity index (χ1v) is 4.57. The highest BCUT2D eigenvalue weighted by atomic mass is 35.5. The van der Waals surface area contributed by atoms with E-state index < -0.39 is 0 Å². The Labute approximate surface area is 84.2 Å². The van der Waals surface area contributed by atoms with Crippen LogP contribution in [0.15, 0.2) is 23.0 Å². The SMILES string of the molecule is C#C.O=c1[nH]c2ccc(Cl)cc2s1. The summed E-state index contributed by atoms with van der Waals surface area (Å²) in [5.41, 5.74) is 0.851. The minimum atomic E-state index is -0.0396. The Morgan fingerprint density at radius 3 is 2.77 bits per heavy atom. The number of hydrogen-bond donors (Lipinski definition) is 1. The maximum Gasteiger partial charge on any atom is 0.305 e. The molecule has 0 saturated heterocycles. The van der Waals surface area contributed by atoms with Gasteiger partial charge in [-0.1, -0.05) is 22.9 Å². The molecule has 0 atom stereocenters. The fraction of sp³-hybridized carbons (Fsp3) is 0. The predicted molar refractivity (Wildman–Crippen MR) is 57.3 cm³/mol. The van der Waals surface area contributed by atoms with Crippen molar-refractivity contribution in [2.45, 2.75) is 0 Å². The molecule has 2 rings (SSSR count). The molecule has 2 nitrogen and oxygen atoms in total. The second-order valence-corrected chi connectivity index (χ2v) is 3.61. The van der Waals surface area contributed by atoms with Crippen LogP contribution in [0.3, 0.4) is 0 Å². The largest absolute Gasteiger partial charge is 0.312 e. The van der Waals surface area contributed by atoms with Gasteiger partial charge in [-0.25, -0.2) is 0 Å². The molecule has 0 aliphatic heterocycles. The number of halogens is 1. The summed E-state index contributed by atoms with van der Waals surface area (Å²) in [6.07, 6.45) is 8.00. The summed E-state index contributed by atoms with van der Waals surface area (Å²) in [5, 5.41) is 0.660. The van der Waals surface area contributed by atoms with E-state index in [9.17, 15) is 4.79 Å². The number of fused-ring (bicyclic) bond motifs is 1. The molecule has 2 aromatic rings. The lowest BCUT2D eigenvalue weighted by molar-refractivity contribution is 1.41. The lowest BCUT2D eigenvalue weighted by Crippen LogP contribution is -1.89. The Morgan fingerprint density at radius 2 is 2.08 bits per heavy atom. The molecular formula is C9H6ClNOS. The number of hydrogen-bond acceptors (Lipinski definition) is 2. The van der Waals surface area contributed by atoms with Crippen molar-refractivity contribution in [3.05, 3.63) is 32.9 Å². The Bertz CT molecular complexity index is 483. The summed E-state index contributed by atoms with van der Waals surface area (Å²) < 4.78 is 0.905. The van der Waals surface area contributed by atoms with Crippen LogP contribution in [-0.2, 0) is 0 Å². The van der Waals surface area contributed by atoms with Crippen LogP contribution in [0.1, 0.15) is 0 Å². The van der Waals surface area contributed by atoms with Crippen LogP contribution in [0.2, 0.25) is 5.02 Å². The monoisotopic (exact) mass is 211 g/mol. The molecule has 1 aromatic heterocycles. The summed E-state index contributed by atoms with van der Waals surface area (Å²) in [5.74, 6) is 0. The highest BCUT2D eigenvalue weighted by Gasteiger charge is 1.97. The maximum absolute atomic E-state index is 10.8. The molecule has 4 heteroatoms. The second-order valence-electron chi connectivity index (χ2n) is 2.16. The first-order chi connectivity index (χ1) is 6.25. The van der Waals surface area contributed by atoms with Crippen LogP contribution in [-0.4, -0.2) is 4.98 Å². The Balaban J connectivity index is 0.000000396. The number of terminal acetylenes is 1. The third kappa shape index (κ3) is 2.11. The zero-order valence-corrected chi connectivity index (χ0v) is 8.15. The number of rotatable bonds is 0. The molecule has 66 valence electrons. The molecule has 1 N–H and O–H groups in total. The van der Waals surface area contributed by atoms with Crippen molar-refractivity contribution in [1.82, 2.24) is 4.98 Å². The van der Waals surface area contributed by atoms with Gasteiger partial charge in [0, 0.05) is 5.02 Å². The minimum absolute atomic E-state index is 0.0396. The molecule has 0 aliphatic rings. The van der Waals surface area contributed by atoms with E-state index in [0.717, 1.165) is 10.2 Å². The van der Waals surface area contributed by atoms with Gasteiger partial charge in [0.1, 0.15) is 0 Å². The molecule has 0 bridgehead atoms. The minimum Gasteiger partial charge on any atom is -0.312 e. The molecule has 0 amide bonds. The first kappa shape index (κ1) is 9.85. The van der Waals surface area contributed by atoms with E-state index in [1.165, 1.54) is 11.3 Å². The third-order valence-electron chi connectivity index (χ3n) is 1.38. The van der Waals surface area contributed by atoms with Gasteiger partial charge < -0.3 is 4.98 Å². The predicted octanol–water partition coefficient (Wildman–Crippen LogP) is 2.49. The van der Waals surface area contributed by atoms with Gasteiger partial charge >= 0.3 is 4.87 Å². The molecule has 1 heterocycles. The standard InChI is InChI=1S/C7H4ClNOS.C2H2/c8-4-1-2-5-6(3-4)11-7(10)9-5;1-2/h1-3H,(H,9,10);1-2H. The molecule has 0 unspecified atom stereocenters. The van der Waals surface area contributed by atoms with Gasteiger partial charge in [0.05, 0.1) is 10.2 Å². The normalized spacial score (nSPS) is 9.15. The maximum atomic E-state index is 10.8. The topological polar surface area (TPSA) is 32.9 Å².